The molecule has 4 heteroatoms. The van der Waals surface area contributed by atoms with E-state index in [9.17, 15) is 4.79 Å². The van der Waals surface area contributed by atoms with Gasteiger partial charge < -0.3 is 9.73 Å². The van der Waals surface area contributed by atoms with Gasteiger partial charge in [-0.1, -0.05) is 6.58 Å². The van der Waals surface area contributed by atoms with Gasteiger partial charge >= 0.3 is 0 Å². The molecule has 2 rings (SSSR count). The highest BCUT2D eigenvalue weighted by Gasteiger charge is 2.23. The van der Waals surface area contributed by atoms with Crippen molar-refractivity contribution in [1.29, 1.82) is 0 Å². The molecule has 15 heavy (non-hydrogen) atoms. The first-order chi connectivity index (χ1) is 7.25. The van der Waals surface area contributed by atoms with E-state index in [1.165, 1.54) is 0 Å². The topological polar surface area (TPSA) is 54.3 Å². The Morgan fingerprint density at radius 1 is 1.67 bits per heavy atom. The Labute approximate surface area is 88.3 Å². The van der Waals surface area contributed by atoms with Crippen molar-refractivity contribution < 1.29 is 9.21 Å². The van der Waals surface area contributed by atoms with Crippen molar-refractivity contribution in [2.45, 2.75) is 25.4 Å². The van der Waals surface area contributed by atoms with E-state index in [4.69, 9.17) is 4.42 Å². The van der Waals surface area contributed by atoms with Gasteiger partial charge in [0.2, 0.25) is 5.91 Å². The van der Waals surface area contributed by atoms with Crippen LogP contribution >= 0.6 is 0 Å². The lowest BCUT2D eigenvalue weighted by atomic mass is 10.0. The second-order valence-corrected chi connectivity index (χ2v) is 3.64. The maximum atomic E-state index is 11.5. The quantitative estimate of drug-likeness (QED) is 0.780. The maximum Gasteiger partial charge on any atom is 0.241 e. The largest absolute Gasteiger partial charge is 0.468 e. The summed E-state index contributed by atoms with van der Waals surface area (Å²) in [6.07, 6.45) is 3.26. The number of hydrogen-bond donors (Lipinski definition) is 2. The van der Waals surface area contributed by atoms with E-state index < -0.39 is 0 Å². The molecule has 1 aromatic heterocycles. The number of carbonyl (C=O) groups is 1. The zero-order chi connectivity index (χ0) is 10.7. The van der Waals surface area contributed by atoms with Crippen LogP contribution in [0.4, 0.5) is 0 Å². The number of hydrogen-bond acceptors (Lipinski definition) is 3. The van der Waals surface area contributed by atoms with Crippen molar-refractivity contribution in [1.82, 2.24) is 10.6 Å². The number of furan rings is 1. The standard InChI is InChI=1S/C11H14N2O2/c1-8-4-5-10(11(14)13-8)12-7-9-3-2-6-15-9/h2-3,6,10,12H,1,4-5,7H2,(H,13,14). The van der Waals surface area contributed by atoms with Gasteiger partial charge in [-0.2, -0.15) is 0 Å². The summed E-state index contributed by atoms with van der Waals surface area (Å²) >= 11 is 0. The molecule has 0 aromatic carbocycles. The van der Waals surface area contributed by atoms with Gasteiger partial charge in [0.25, 0.3) is 0 Å². The monoisotopic (exact) mass is 206 g/mol. The van der Waals surface area contributed by atoms with Crippen LogP contribution in [-0.2, 0) is 11.3 Å². The smallest absolute Gasteiger partial charge is 0.241 e. The van der Waals surface area contributed by atoms with Gasteiger partial charge in [0.1, 0.15) is 5.76 Å². The molecule has 1 aliphatic rings. The minimum absolute atomic E-state index is 0.00203. The van der Waals surface area contributed by atoms with Crippen molar-refractivity contribution in [3.63, 3.8) is 0 Å². The van der Waals surface area contributed by atoms with Gasteiger partial charge in [0, 0.05) is 5.70 Å². The third kappa shape index (κ3) is 2.47. The van der Waals surface area contributed by atoms with Gasteiger partial charge in [-0.15, -0.1) is 0 Å². The number of amides is 1. The van der Waals surface area contributed by atoms with Crippen LogP contribution in [0, 0.1) is 0 Å². The van der Waals surface area contributed by atoms with E-state index in [1.807, 2.05) is 12.1 Å². The minimum atomic E-state index is -0.138. The Balaban J connectivity index is 1.85. The zero-order valence-electron chi connectivity index (χ0n) is 8.45. The van der Waals surface area contributed by atoms with Crippen LogP contribution in [0.25, 0.3) is 0 Å². The molecule has 1 atom stereocenters. The van der Waals surface area contributed by atoms with Crippen molar-refractivity contribution >= 4 is 5.91 Å². The third-order valence-electron chi connectivity index (χ3n) is 2.45. The molecule has 1 aromatic rings. The molecule has 0 aliphatic carbocycles. The second-order valence-electron chi connectivity index (χ2n) is 3.64. The maximum absolute atomic E-state index is 11.5. The van der Waals surface area contributed by atoms with E-state index in [0.29, 0.717) is 6.54 Å². The van der Waals surface area contributed by atoms with Crippen LogP contribution in [0.15, 0.2) is 35.1 Å². The first-order valence-corrected chi connectivity index (χ1v) is 5.00. The molecule has 0 spiro atoms. The van der Waals surface area contributed by atoms with E-state index in [1.54, 1.807) is 6.26 Å². The molecular weight excluding hydrogens is 192 g/mol. The number of allylic oxidation sites excluding steroid dienone is 1. The molecule has 1 fully saturated rings. The summed E-state index contributed by atoms with van der Waals surface area (Å²) in [6, 6.07) is 3.58. The Morgan fingerprint density at radius 2 is 2.53 bits per heavy atom. The highest BCUT2D eigenvalue weighted by molar-refractivity contribution is 5.84. The number of piperidine rings is 1. The molecule has 2 heterocycles. The van der Waals surface area contributed by atoms with E-state index in [-0.39, 0.29) is 11.9 Å². The predicted molar refractivity (Wildman–Crippen MR) is 55.9 cm³/mol. The van der Waals surface area contributed by atoms with E-state index >= 15 is 0 Å². The number of nitrogens with one attached hydrogen (secondary N) is 2. The summed E-state index contributed by atoms with van der Waals surface area (Å²) in [5.74, 6) is 0.838. The molecule has 0 bridgehead atoms. The molecule has 2 N–H and O–H groups in total. The van der Waals surface area contributed by atoms with Gasteiger partial charge in [-0.25, -0.2) is 0 Å². The summed E-state index contributed by atoms with van der Waals surface area (Å²) in [6.45, 7) is 4.31. The van der Waals surface area contributed by atoms with E-state index in [0.717, 1.165) is 24.3 Å². The zero-order valence-corrected chi connectivity index (χ0v) is 8.45. The van der Waals surface area contributed by atoms with Crippen molar-refractivity contribution in [3.8, 4) is 0 Å². The Kier molecular flexibility index (Phi) is 2.87. The fraction of sp³-hybridized carbons (Fsp3) is 0.364. The molecule has 80 valence electrons. The Morgan fingerprint density at radius 3 is 3.20 bits per heavy atom. The van der Waals surface area contributed by atoms with Crippen LogP contribution in [0.3, 0.4) is 0 Å². The molecule has 0 saturated carbocycles. The first kappa shape index (κ1) is 9.98. The summed E-state index contributed by atoms with van der Waals surface area (Å²) in [5, 5.41) is 5.88. The van der Waals surface area contributed by atoms with E-state index in [2.05, 4.69) is 17.2 Å². The normalized spacial score (nSPS) is 21.5. The Hall–Kier alpha value is -1.55. The molecule has 1 saturated heterocycles. The van der Waals surface area contributed by atoms with Gasteiger partial charge in [0.05, 0.1) is 18.8 Å². The summed E-state index contributed by atoms with van der Waals surface area (Å²) in [7, 11) is 0. The number of carbonyl (C=O) groups excluding carboxylic acids is 1. The van der Waals surface area contributed by atoms with Crippen LogP contribution in [-0.4, -0.2) is 11.9 Å². The lowest BCUT2D eigenvalue weighted by Gasteiger charge is -2.23. The molecular formula is C11H14N2O2. The fourth-order valence-corrected chi connectivity index (χ4v) is 1.61. The second kappa shape index (κ2) is 4.31. The lowest BCUT2D eigenvalue weighted by molar-refractivity contribution is -0.123. The average molecular weight is 206 g/mol. The minimum Gasteiger partial charge on any atom is -0.468 e. The predicted octanol–water partition coefficient (Wildman–Crippen LogP) is 1.16. The lowest BCUT2D eigenvalue weighted by Crippen LogP contribution is -2.46. The molecule has 1 aliphatic heterocycles. The van der Waals surface area contributed by atoms with Crippen LogP contribution < -0.4 is 10.6 Å². The fourth-order valence-electron chi connectivity index (χ4n) is 1.61. The molecule has 1 amide bonds. The first-order valence-electron chi connectivity index (χ1n) is 5.00. The van der Waals surface area contributed by atoms with Crippen molar-refractivity contribution in [2.24, 2.45) is 0 Å². The Bertz CT molecular complexity index is 357. The molecule has 0 radical (unpaired) electrons. The van der Waals surface area contributed by atoms with Crippen molar-refractivity contribution in [2.75, 3.05) is 0 Å². The van der Waals surface area contributed by atoms with Crippen LogP contribution in [0.2, 0.25) is 0 Å². The van der Waals surface area contributed by atoms with Crippen LogP contribution in [0.1, 0.15) is 18.6 Å². The van der Waals surface area contributed by atoms with Crippen LogP contribution in [0.5, 0.6) is 0 Å². The highest BCUT2D eigenvalue weighted by atomic mass is 16.3. The molecule has 1 unspecified atom stereocenters. The van der Waals surface area contributed by atoms with Gasteiger partial charge in [-0.05, 0) is 25.0 Å². The number of rotatable bonds is 3. The van der Waals surface area contributed by atoms with Gasteiger partial charge in [0.15, 0.2) is 0 Å². The summed E-state index contributed by atoms with van der Waals surface area (Å²) in [4.78, 5) is 11.5. The van der Waals surface area contributed by atoms with Crippen molar-refractivity contribution in [3.05, 3.63) is 36.4 Å². The molecule has 4 nitrogen and oxygen atoms in total. The SMILES string of the molecule is C=C1CCC(NCc2ccco2)C(=O)N1. The summed E-state index contributed by atoms with van der Waals surface area (Å²) < 4.78 is 5.17. The average Bonchev–Trinajstić information content (AvgIpc) is 2.69. The van der Waals surface area contributed by atoms with Gasteiger partial charge in [-0.3, -0.25) is 10.1 Å². The highest BCUT2D eigenvalue weighted by Crippen LogP contribution is 2.11. The third-order valence-corrected chi connectivity index (χ3v) is 2.45. The summed E-state index contributed by atoms with van der Waals surface area (Å²) in [5.41, 5.74) is 0.802.